The third-order valence-corrected chi connectivity index (χ3v) is 4.69. The van der Waals surface area contributed by atoms with Gasteiger partial charge in [0.25, 0.3) is 0 Å². The van der Waals surface area contributed by atoms with Gasteiger partial charge in [-0.15, -0.1) is 0 Å². The summed E-state index contributed by atoms with van der Waals surface area (Å²) in [5.41, 5.74) is 6.86. The first-order chi connectivity index (χ1) is 10.2. The Bertz CT molecular complexity index is 832. The van der Waals surface area contributed by atoms with Crippen LogP contribution in [0.5, 0.6) is 0 Å². The van der Waals surface area contributed by atoms with Crippen molar-refractivity contribution in [1.82, 2.24) is 0 Å². The molecule has 1 N–H and O–H groups in total. The van der Waals surface area contributed by atoms with E-state index in [4.69, 9.17) is 0 Å². The van der Waals surface area contributed by atoms with E-state index in [1.165, 1.54) is 38.7 Å². The van der Waals surface area contributed by atoms with Gasteiger partial charge in [0.2, 0.25) is 0 Å². The Morgan fingerprint density at radius 1 is 0.905 bits per heavy atom. The molecule has 1 heteroatoms. The van der Waals surface area contributed by atoms with E-state index in [0.717, 1.165) is 6.42 Å². The lowest BCUT2D eigenvalue weighted by atomic mass is 9.98. The second-order valence-corrected chi connectivity index (χ2v) is 6.07. The van der Waals surface area contributed by atoms with E-state index >= 15 is 0 Å². The van der Waals surface area contributed by atoms with Gasteiger partial charge >= 0.3 is 0 Å². The van der Waals surface area contributed by atoms with Crippen molar-refractivity contribution in [2.24, 2.45) is 0 Å². The van der Waals surface area contributed by atoms with E-state index < -0.39 is 0 Å². The molecule has 104 valence electrons. The van der Waals surface area contributed by atoms with Gasteiger partial charge in [-0.05, 0) is 47.9 Å². The van der Waals surface area contributed by atoms with Crippen LogP contribution in [0, 0.1) is 13.8 Å². The van der Waals surface area contributed by atoms with Crippen molar-refractivity contribution in [2.75, 3.05) is 5.32 Å². The van der Waals surface area contributed by atoms with Crippen molar-refractivity contribution >= 4 is 16.5 Å². The summed E-state index contributed by atoms with van der Waals surface area (Å²) in [6, 6.07) is 20.3. The van der Waals surface area contributed by atoms with Crippen LogP contribution in [-0.4, -0.2) is 0 Å². The largest absolute Gasteiger partial charge is 0.377 e. The minimum Gasteiger partial charge on any atom is -0.377 e. The molecular weight excluding hydrogens is 254 g/mol. The molecule has 1 nitrogen and oxygen atoms in total. The summed E-state index contributed by atoms with van der Waals surface area (Å²) in [4.78, 5) is 0. The zero-order chi connectivity index (χ0) is 14.4. The zero-order valence-corrected chi connectivity index (χ0v) is 12.5. The van der Waals surface area contributed by atoms with Gasteiger partial charge in [-0.2, -0.15) is 0 Å². The average molecular weight is 273 g/mol. The lowest BCUT2D eigenvalue weighted by molar-refractivity contribution is 0.822. The molecule has 1 heterocycles. The Morgan fingerprint density at radius 3 is 2.62 bits per heavy atom. The van der Waals surface area contributed by atoms with Gasteiger partial charge in [0.1, 0.15) is 0 Å². The van der Waals surface area contributed by atoms with Crippen molar-refractivity contribution in [1.29, 1.82) is 0 Å². The van der Waals surface area contributed by atoms with Gasteiger partial charge in [-0.25, -0.2) is 0 Å². The predicted octanol–water partition coefficient (Wildman–Crippen LogP) is 5.17. The summed E-state index contributed by atoms with van der Waals surface area (Å²) in [6.07, 6.45) is 1.07. The lowest BCUT2D eigenvalue weighted by Crippen LogP contribution is -2.06. The van der Waals surface area contributed by atoms with E-state index in [1.807, 2.05) is 0 Å². The Labute approximate surface area is 125 Å². The van der Waals surface area contributed by atoms with E-state index in [2.05, 4.69) is 73.8 Å². The molecule has 4 rings (SSSR count). The summed E-state index contributed by atoms with van der Waals surface area (Å²) < 4.78 is 0. The molecule has 0 radical (unpaired) electrons. The molecule has 3 aromatic rings. The van der Waals surface area contributed by atoms with Crippen LogP contribution in [0.2, 0.25) is 0 Å². The molecule has 1 aliphatic rings. The van der Waals surface area contributed by atoms with Crippen LogP contribution in [-0.2, 0) is 6.42 Å². The van der Waals surface area contributed by atoms with E-state index in [9.17, 15) is 0 Å². The molecule has 0 saturated heterocycles. The fourth-order valence-corrected chi connectivity index (χ4v) is 3.28. The lowest BCUT2D eigenvalue weighted by Gasteiger charge is -2.14. The minimum atomic E-state index is 0.394. The molecule has 3 aromatic carbocycles. The highest BCUT2D eigenvalue weighted by Crippen LogP contribution is 2.39. The Balaban J connectivity index is 1.76. The average Bonchev–Trinajstić information content (AvgIpc) is 2.94. The third-order valence-electron chi connectivity index (χ3n) is 4.69. The van der Waals surface area contributed by atoms with Crippen molar-refractivity contribution in [2.45, 2.75) is 26.3 Å². The molecule has 1 unspecified atom stereocenters. The number of aryl methyl sites for hydroxylation is 2. The zero-order valence-electron chi connectivity index (χ0n) is 12.5. The highest BCUT2D eigenvalue weighted by atomic mass is 15.0. The number of benzene rings is 3. The Morgan fingerprint density at radius 2 is 1.76 bits per heavy atom. The molecule has 0 saturated carbocycles. The number of hydrogen-bond donors (Lipinski definition) is 1. The van der Waals surface area contributed by atoms with Crippen LogP contribution in [0.1, 0.15) is 28.3 Å². The number of hydrogen-bond acceptors (Lipinski definition) is 1. The number of fused-ring (bicyclic) bond motifs is 3. The normalized spacial score (nSPS) is 16.8. The van der Waals surface area contributed by atoms with Crippen molar-refractivity contribution in [3.8, 4) is 0 Å². The molecule has 0 spiro atoms. The van der Waals surface area contributed by atoms with Gasteiger partial charge in [-0.3, -0.25) is 0 Å². The first-order valence-electron chi connectivity index (χ1n) is 7.57. The molecule has 1 aliphatic heterocycles. The molecule has 0 fully saturated rings. The highest BCUT2D eigenvalue weighted by molar-refractivity contribution is 5.96. The summed E-state index contributed by atoms with van der Waals surface area (Å²) in [6.45, 7) is 4.36. The third kappa shape index (κ3) is 2.01. The maximum absolute atomic E-state index is 3.74. The second kappa shape index (κ2) is 4.63. The maximum atomic E-state index is 3.74. The smallest absolute Gasteiger partial charge is 0.0555 e. The van der Waals surface area contributed by atoms with Gasteiger partial charge in [-0.1, -0.05) is 54.6 Å². The molecule has 0 amide bonds. The summed E-state index contributed by atoms with van der Waals surface area (Å²) in [5, 5.41) is 6.38. The van der Waals surface area contributed by atoms with Crippen LogP contribution < -0.4 is 5.32 Å². The monoisotopic (exact) mass is 273 g/mol. The van der Waals surface area contributed by atoms with Crippen LogP contribution in [0.25, 0.3) is 10.8 Å². The van der Waals surface area contributed by atoms with Crippen LogP contribution in [0.15, 0.2) is 54.6 Å². The van der Waals surface area contributed by atoms with Crippen LogP contribution >= 0.6 is 0 Å². The quantitative estimate of drug-likeness (QED) is 0.645. The summed E-state index contributed by atoms with van der Waals surface area (Å²) in [5.74, 6) is 0. The molecule has 21 heavy (non-hydrogen) atoms. The van der Waals surface area contributed by atoms with Crippen molar-refractivity contribution < 1.29 is 0 Å². The second-order valence-electron chi connectivity index (χ2n) is 6.07. The van der Waals surface area contributed by atoms with Gasteiger partial charge < -0.3 is 5.32 Å². The molecule has 1 atom stereocenters. The predicted molar refractivity (Wildman–Crippen MR) is 89.9 cm³/mol. The first-order valence-corrected chi connectivity index (χ1v) is 7.57. The molecule has 0 aromatic heterocycles. The SMILES string of the molecule is Cc1ccc(C2Cc3ccc4ccccc4c3N2)cc1C. The van der Waals surface area contributed by atoms with Crippen molar-refractivity contribution in [3.05, 3.63) is 76.9 Å². The molecular formula is C20H19N. The standard InChI is InChI=1S/C20H19N/c1-13-7-8-16(11-14(13)2)19-12-17-10-9-15-5-3-4-6-18(15)20(17)21-19/h3-11,19,21H,12H2,1-2H3. The number of nitrogens with one attached hydrogen (secondary N) is 1. The van der Waals surface area contributed by atoms with E-state index in [-0.39, 0.29) is 0 Å². The van der Waals surface area contributed by atoms with E-state index in [0.29, 0.717) is 6.04 Å². The molecule has 0 bridgehead atoms. The van der Waals surface area contributed by atoms with E-state index in [1.54, 1.807) is 0 Å². The number of anilines is 1. The Kier molecular flexibility index (Phi) is 2.75. The maximum Gasteiger partial charge on any atom is 0.0555 e. The van der Waals surface area contributed by atoms with Crippen LogP contribution in [0.4, 0.5) is 5.69 Å². The van der Waals surface area contributed by atoms with Gasteiger partial charge in [0, 0.05) is 11.1 Å². The molecule has 0 aliphatic carbocycles. The first kappa shape index (κ1) is 12.5. The topological polar surface area (TPSA) is 12.0 Å². The van der Waals surface area contributed by atoms with Crippen LogP contribution in [0.3, 0.4) is 0 Å². The Hall–Kier alpha value is -2.28. The fraction of sp³-hybridized carbons (Fsp3) is 0.200. The van der Waals surface area contributed by atoms with Gasteiger partial charge in [0.15, 0.2) is 0 Å². The van der Waals surface area contributed by atoms with Crippen molar-refractivity contribution in [3.63, 3.8) is 0 Å². The fourth-order valence-electron chi connectivity index (χ4n) is 3.28. The minimum absolute atomic E-state index is 0.394. The number of rotatable bonds is 1. The summed E-state index contributed by atoms with van der Waals surface area (Å²) >= 11 is 0. The highest BCUT2D eigenvalue weighted by Gasteiger charge is 2.23. The summed E-state index contributed by atoms with van der Waals surface area (Å²) in [7, 11) is 0. The van der Waals surface area contributed by atoms with Gasteiger partial charge in [0.05, 0.1) is 6.04 Å².